The van der Waals surface area contributed by atoms with E-state index in [1.807, 2.05) is 0 Å². The van der Waals surface area contributed by atoms with Crippen molar-refractivity contribution >= 4 is 32.9 Å². The second-order valence-corrected chi connectivity index (χ2v) is 9.03. The molecule has 1 atom stereocenters. The van der Waals surface area contributed by atoms with Gasteiger partial charge in [-0.3, -0.25) is 0 Å². The standard InChI is InChI=1S/C17H26N2O2S2/c1-4-5-7-19(16-6-8-23(20,21)12-16)17(22)18-15-10-13(2)9-14(3)11-15/h9-11,16H,4-8,12H2,1-3H3,(H,18,22)/t16-/m0/s1. The van der Waals surface area contributed by atoms with Crippen LogP contribution in [-0.2, 0) is 9.84 Å². The number of benzene rings is 1. The third-order valence-electron chi connectivity index (χ3n) is 4.14. The van der Waals surface area contributed by atoms with E-state index >= 15 is 0 Å². The van der Waals surface area contributed by atoms with Crippen LogP contribution in [0.1, 0.15) is 37.3 Å². The van der Waals surface area contributed by atoms with Gasteiger partial charge in [-0.25, -0.2) is 8.42 Å². The number of unbranched alkanes of at least 4 members (excludes halogenated alkanes) is 1. The van der Waals surface area contributed by atoms with E-state index in [0.717, 1.165) is 25.1 Å². The number of aryl methyl sites for hydroxylation is 2. The zero-order chi connectivity index (χ0) is 17.0. The van der Waals surface area contributed by atoms with Gasteiger partial charge in [-0.1, -0.05) is 19.4 Å². The summed E-state index contributed by atoms with van der Waals surface area (Å²) >= 11 is 5.59. The molecule has 1 aromatic rings. The molecule has 1 fully saturated rings. The van der Waals surface area contributed by atoms with Crippen molar-refractivity contribution in [3.63, 3.8) is 0 Å². The van der Waals surface area contributed by atoms with Gasteiger partial charge in [-0.2, -0.15) is 0 Å². The molecule has 1 aromatic carbocycles. The van der Waals surface area contributed by atoms with E-state index in [4.69, 9.17) is 12.2 Å². The maximum Gasteiger partial charge on any atom is 0.173 e. The number of hydrogen-bond donors (Lipinski definition) is 1. The molecule has 0 unspecified atom stereocenters. The van der Waals surface area contributed by atoms with Crippen molar-refractivity contribution in [3.05, 3.63) is 29.3 Å². The predicted molar refractivity (Wildman–Crippen MR) is 101 cm³/mol. The van der Waals surface area contributed by atoms with Crippen LogP contribution in [0.4, 0.5) is 5.69 Å². The second kappa shape index (κ2) is 7.62. The molecule has 0 saturated carbocycles. The summed E-state index contributed by atoms with van der Waals surface area (Å²) in [6.45, 7) is 7.04. The quantitative estimate of drug-likeness (QED) is 0.822. The average molecular weight is 355 g/mol. The Kier molecular flexibility index (Phi) is 6.03. The average Bonchev–Trinajstić information content (AvgIpc) is 2.78. The smallest absolute Gasteiger partial charge is 0.173 e. The summed E-state index contributed by atoms with van der Waals surface area (Å²) < 4.78 is 23.6. The summed E-state index contributed by atoms with van der Waals surface area (Å²) in [5.41, 5.74) is 3.33. The lowest BCUT2D eigenvalue weighted by atomic mass is 10.1. The molecule has 23 heavy (non-hydrogen) atoms. The predicted octanol–water partition coefficient (Wildman–Crippen LogP) is 3.29. The maximum absolute atomic E-state index is 11.8. The number of sulfone groups is 1. The Morgan fingerprint density at radius 3 is 2.48 bits per heavy atom. The first-order chi connectivity index (χ1) is 10.8. The lowest BCUT2D eigenvalue weighted by Crippen LogP contribution is -2.44. The SMILES string of the molecule is CCCCN(C(=S)Nc1cc(C)cc(C)c1)[C@H]1CCS(=O)(=O)C1. The molecule has 6 heteroatoms. The van der Waals surface area contributed by atoms with E-state index in [0.29, 0.717) is 11.5 Å². The molecule has 1 aliphatic heterocycles. The van der Waals surface area contributed by atoms with Crippen molar-refractivity contribution in [2.75, 3.05) is 23.4 Å². The van der Waals surface area contributed by atoms with Crippen LogP contribution in [0.5, 0.6) is 0 Å². The van der Waals surface area contributed by atoms with Crippen LogP contribution < -0.4 is 5.32 Å². The van der Waals surface area contributed by atoms with Gasteiger partial charge in [0, 0.05) is 18.3 Å². The monoisotopic (exact) mass is 354 g/mol. The minimum atomic E-state index is -2.91. The molecule has 2 rings (SSSR count). The fourth-order valence-electron chi connectivity index (χ4n) is 3.04. The van der Waals surface area contributed by atoms with Crippen molar-refractivity contribution in [2.45, 2.75) is 46.1 Å². The van der Waals surface area contributed by atoms with Gasteiger partial charge in [0.1, 0.15) is 0 Å². The first-order valence-electron chi connectivity index (χ1n) is 8.17. The van der Waals surface area contributed by atoms with Gasteiger partial charge in [0.2, 0.25) is 0 Å². The van der Waals surface area contributed by atoms with E-state index in [2.05, 4.69) is 49.2 Å². The van der Waals surface area contributed by atoms with Crippen molar-refractivity contribution < 1.29 is 8.42 Å². The number of hydrogen-bond acceptors (Lipinski definition) is 3. The maximum atomic E-state index is 11.8. The summed E-state index contributed by atoms with van der Waals surface area (Å²) in [5, 5.41) is 3.93. The number of nitrogens with one attached hydrogen (secondary N) is 1. The summed E-state index contributed by atoms with van der Waals surface area (Å²) in [6, 6.07) is 6.23. The van der Waals surface area contributed by atoms with Gasteiger partial charge in [0.05, 0.1) is 11.5 Å². The summed E-state index contributed by atoms with van der Waals surface area (Å²) in [7, 11) is -2.91. The third kappa shape index (κ3) is 5.18. The van der Waals surface area contributed by atoms with Crippen LogP contribution in [0.2, 0.25) is 0 Å². The highest BCUT2D eigenvalue weighted by Crippen LogP contribution is 2.21. The molecule has 0 spiro atoms. The molecule has 0 bridgehead atoms. The Balaban J connectivity index is 2.13. The molecular formula is C17H26N2O2S2. The fraction of sp³-hybridized carbons (Fsp3) is 0.588. The van der Waals surface area contributed by atoms with Crippen LogP contribution in [0.25, 0.3) is 0 Å². The molecule has 1 saturated heterocycles. The van der Waals surface area contributed by atoms with Crippen LogP contribution >= 0.6 is 12.2 Å². The number of rotatable bonds is 5. The molecule has 0 aromatic heterocycles. The molecule has 4 nitrogen and oxygen atoms in total. The third-order valence-corrected chi connectivity index (χ3v) is 6.22. The van der Waals surface area contributed by atoms with Gasteiger partial charge >= 0.3 is 0 Å². The Morgan fingerprint density at radius 2 is 1.96 bits per heavy atom. The van der Waals surface area contributed by atoms with Crippen LogP contribution in [0.15, 0.2) is 18.2 Å². The Hall–Kier alpha value is -1.14. The highest BCUT2D eigenvalue weighted by Gasteiger charge is 2.33. The molecule has 0 aliphatic carbocycles. The number of nitrogens with zero attached hydrogens (tertiary/aromatic N) is 1. The van der Waals surface area contributed by atoms with E-state index in [9.17, 15) is 8.42 Å². The molecule has 1 heterocycles. The van der Waals surface area contributed by atoms with E-state index in [-0.39, 0.29) is 17.5 Å². The van der Waals surface area contributed by atoms with E-state index in [1.54, 1.807) is 0 Å². The number of thiocarbonyl (C=S) groups is 1. The largest absolute Gasteiger partial charge is 0.345 e. The van der Waals surface area contributed by atoms with Gasteiger partial charge in [-0.15, -0.1) is 0 Å². The topological polar surface area (TPSA) is 49.4 Å². The minimum absolute atomic E-state index is 0.00236. The van der Waals surface area contributed by atoms with Crippen molar-refractivity contribution in [2.24, 2.45) is 0 Å². The Morgan fingerprint density at radius 1 is 1.30 bits per heavy atom. The summed E-state index contributed by atoms with van der Waals surface area (Å²) in [4.78, 5) is 2.07. The molecule has 1 aliphatic rings. The van der Waals surface area contributed by atoms with E-state index < -0.39 is 9.84 Å². The van der Waals surface area contributed by atoms with Crippen LogP contribution in [0, 0.1) is 13.8 Å². The lowest BCUT2D eigenvalue weighted by Gasteiger charge is -2.31. The lowest BCUT2D eigenvalue weighted by molar-refractivity contribution is 0.333. The van der Waals surface area contributed by atoms with Gasteiger partial charge in [0.25, 0.3) is 0 Å². The van der Waals surface area contributed by atoms with Gasteiger partial charge in [0.15, 0.2) is 14.9 Å². The van der Waals surface area contributed by atoms with Crippen molar-refractivity contribution in [3.8, 4) is 0 Å². The molecule has 1 N–H and O–H groups in total. The van der Waals surface area contributed by atoms with Crippen molar-refractivity contribution in [1.29, 1.82) is 0 Å². The first kappa shape index (κ1) is 18.2. The molecule has 128 valence electrons. The second-order valence-electron chi connectivity index (χ2n) is 6.41. The minimum Gasteiger partial charge on any atom is -0.345 e. The number of anilines is 1. The normalized spacial score (nSPS) is 19.5. The fourth-order valence-corrected chi connectivity index (χ4v) is 5.13. The molecule has 0 amide bonds. The van der Waals surface area contributed by atoms with E-state index in [1.165, 1.54) is 11.1 Å². The summed E-state index contributed by atoms with van der Waals surface area (Å²) in [5.74, 6) is 0.484. The summed E-state index contributed by atoms with van der Waals surface area (Å²) in [6.07, 6.45) is 2.73. The highest BCUT2D eigenvalue weighted by molar-refractivity contribution is 7.91. The zero-order valence-electron chi connectivity index (χ0n) is 14.1. The molecule has 0 radical (unpaired) electrons. The zero-order valence-corrected chi connectivity index (χ0v) is 15.8. The molecular weight excluding hydrogens is 328 g/mol. The van der Waals surface area contributed by atoms with Crippen LogP contribution in [0.3, 0.4) is 0 Å². The van der Waals surface area contributed by atoms with Gasteiger partial charge in [-0.05, 0) is 62.2 Å². The van der Waals surface area contributed by atoms with Crippen molar-refractivity contribution in [1.82, 2.24) is 4.90 Å². The van der Waals surface area contributed by atoms with Gasteiger partial charge < -0.3 is 10.2 Å². The van der Waals surface area contributed by atoms with Crippen LogP contribution in [-0.4, -0.2) is 42.5 Å². The highest BCUT2D eigenvalue weighted by atomic mass is 32.2. The Labute approximate surface area is 145 Å². The Bertz CT molecular complexity index is 651. The first-order valence-corrected chi connectivity index (χ1v) is 10.4.